The van der Waals surface area contributed by atoms with Gasteiger partial charge in [-0.25, -0.2) is 0 Å². The van der Waals surface area contributed by atoms with Crippen LogP contribution >= 0.6 is 0 Å². The van der Waals surface area contributed by atoms with Gasteiger partial charge in [-0.15, -0.1) is 0 Å². The number of benzene rings is 2. The second kappa shape index (κ2) is 6.58. The maximum Gasteiger partial charge on any atom is 0.227 e. The number of hydrogen-bond acceptors (Lipinski definition) is 4. The molecule has 1 amide bonds. The maximum atomic E-state index is 12.5. The van der Waals surface area contributed by atoms with Crippen LogP contribution in [0.15, 0.2) is 54.7 Å². The molecule has 0 fully saturated rings. The first kappa shape index (κ1) is 15.8. The molecule has 1 unspecified atom stereocenters. The lowest BCUT2D eigenvalue weighted by Gasteiger charge is -2.14. The van der Waals surface area contributed by atoms with Crippen LogP contribution in [-0.4, -0.2) is 21.1 Å². The minimum atomic E-state index is -0.298. The summed E-state index contributed by atoms with van der Waals surface area (Å²) in [6, 6.07) is 14.0. The third-order valence-corrected chi connectivity index (χ3v) is 3.92. The molecule has 0 spiro atoms. The molecule has 2 aromatic carbocycles. The number of nitrogens with one attached hydrogen (secondary N) is 1. The third kappa shape index (κ3) is 3.30. The van der Waals surface area contributed by atoms with Gasteiger partial charge in [0.15, 0.2) is 11.5 Å². The molecule has 0 saturated carbocycles. The smallest absolute Gasteiger partial charge is 0.227 e. The van der Waals surface area contributed by atoms with Crippen molar-refractivity contribution in [2.75, 3.05) is 5.32 Å². The number of para-hydroxylation sites is 1. The molecule has 1 aromatic heterocycles. The number of amides is 1. The number of pyridine rings is 1. The van der Waals surface area contributed by atoms with Crippen molar-refractivity contribution < 1.29 is 15.0 Å². The summed E-state index contributed by atoms with van der Waals surface area (Å²) in [5.41, 5.74) is 2.21. The van der Waals surface area contributed by atoms with Crippen molar-refractivity contribution in [3.05, 3.63) is 60.3 Å². The number of anilines is 1. The van der Waals surface area contributed by atoms with Crippen LogP contribution in [0, 0.1) is 5.92 Å². The summed E-state index contributed by atoms with van der Waals surface area (Å²) in [6.07, 6.45) is 2.15. The number of fused-ring (bicyclic) bond motifs is 1. The summed E-state index contributed by atoms with van der Waals surface area (Å²) in [4.78, 5) is 16.8. The number of hydrogen-bond donors (Lipinski definition) is 3. The fourth-order valence-electron chi connectivity index (χ4n) is 2.60. The van der Waals surface area contributed by atoms with E-state index in [1.54, 1.807) is 12.3 Å². The number of nitrogens with zero attached hydrogens (tertiary/aromatic N) is 1. The van der Waals surface area contributed by atoms with Crippen molar-refractivity contribution in [2.45, 2.75) is 13.3 Å². The molecule has 5 heteroatoms. The first-order valence-electron chi connectivity index (χ1n) is 7.70. The Kier molecular flexibility index (Phi) is 4.33. The van der Waals surface area contributed by atoms with Gasteiger partial charge in [-0.1, -0.05) is 31.2 Å². The highest BCUT2D eigenvalue weighted by atomic mass is 16.3. The van der Waals surface area contributed by atoms with Gasteiger partial charge in [0, 0.05) is 17.5 Å². The molecule has 0 radical (unpaired) electrons. The Bertz CT molecular complexity index is 887. The summed E-state index contributed by atoms with van der Waals surface area (Å²) in [5.74, 6) is -0.773. The Balaban J connectivity index is 1.75. The molecule has 0 saturated heterocycles. The van der Waals surface area contributed by atoms with E-state index in [1.807, 2.05) is 37.3 Å². The number of carbonyl (C=O) groups is 1. The van der Waals surface area contributed by atoms with Crippen molar-refractivity contribution in [3.8, 4) is 11.5 Å². The molecule has 0 aliphatic heterocycles. The molecule has 3 aromatic rings. The van der Waals surface area contributed by atoms with Crippen LogP contribution in [0.2, 0.25) is 0 Å². The monoisotopic (exact) mass is 322 g/mol. The normalized spacial score (nSPS) is 12.0. The van der Waals surface area contributed by atoms with E-state index < -0.39 is 0 Å². The van der Waals surface area contributed by atoms with Crippen LogP contribution in [0.4, 0.5) is 5.69 Å². The van der Waals surface area contributed by atoms with Gasteiger partial charge in [0.25, 0.3) is 0 Å². The zero-order chi connectivity index (χ0) is 17.1. The van der Waals surface area contributed by atoms with E-state index in [0.29, 0.717) is 12.1 Å². The summed E-state index contributed by atoms with van der Waals surface area (Å²) in [6.45, 7) is 1.82. The summed E-state index contributed by atoms with van der Waals surface area (Å²) < 4.78 is 0. The second-order valence-electron chi connectivity index (χ2n) is 5.80. The minimum absolute atomic E-state index is 0.124. The molecule has 1 atom stereocenters. The van der Waals surface area contributed by atoms with Crippen LogP contribution in [-0.2, 0) is 11.2 Å². The molecule has 122 valence electrons. The van der Waals surface area contributed by atoms with Gasteiger partial charge in [0.05, 0.1) is 11.2 Å². The third-order valence-electron chi connectivity index (χ3n) is 3.92. The van der Waals surface area contributed by atoms with Crippen LogP contribution in [0.25, 0.3) is 10.9 Å². The van der Waals surface area contributed by atoms with Crippen LogP contribution in [0.5, 0.6) is 11.5 Å². The Morgan fingerprint density at radius 3 is 2.71 bits per heavy atom. The van der Waals surface area contributed by atoms with Gasteiger partial charge in [0.1, 0.15) is 0 Å². The molecule has 3 N–H and O–H groups in total. The van der Waals surface area contributed by atoms with Gasteiger partial charge in [-0.3, -0.25) is 9.78 Å². The first-order valence-corrected chi connectivity index (χ1v) is 7.70. The van der Waals surface area contributed by atoms with Crippen molar-refractivity contribution in [3.63, 3.8) is 0 Å². The quantitative estimate of drug-likeness (QED) is 0.642. The number of carbonyl (C=O) groups excluding carboxylic acids is 1. The van der Waals surface area contributed by atoms with E-state index in [-0.39, 0.29) is 23.3 Å². The predicted octanol–water partition coefficient (Wildman–Crippen LogP) is 3.46. The highest BCUT2D eigenvalue weighted by molar-refractivity contribution is 6.00. The first-order chi connectivity index (χ1) is 11.5. The van der Waals surface area contributed by atoms with E-state index in [2.05, 4.69) is 10.3 Å². The van der Waals surface area contributed by atoms with Gasteiger partial charge in [-0.05, 0) is 36.2 Å². The SMILES string of the molecule is CC(Cc1ccc(O)c(O)c1)C(=O)Nc1cccc2cccnc12. The Morgan fingerprint density at radius 2 is 1.92 bits per heavy atom. The standard InChI is InChI=1S/C19H18N2O3/c1-12(10-13-7-8-16(22)17(23)11-13)19(24)21-15-6-2-4-14-5-3-9-20-18(14)15/h2-9,11-12,22-23H,10H2,1H3,(H,21,24). The molecule has 3 rings (SSSR count). The molecule has 1 heterocycles. The maximum absolute atomic E-state index is 12.5. The fourth-order valence-corrected chi connectivity index (χ4v) is 2.60. The molecule has 5 nitrogen and oxygen atoms in total. The van der Waals surface area contributed by atoms with Crippen LogP contribution in [0.3, 0.4) is 0 Å². The van der Waals surface area contributed by atoms with E-state index in [0.717, 1.165) is 16.5 Å². The van der Waals surface area contributed by atoms with Crippen molar-refractivity contribution in [1.82, 2.24) is 4.98 Å². The van der Waals surface area contributed by atoms with Gasteiger partial charge in [0.2, 0.25) is 5.91 Å². The van der Waals surface area contributed by atoms with Gasteiger partial charge >= 0.3 is 0 Å². The van der Waals surface area contributed by atoms with E-state index >= 15 is 0 Å². The Hall–Kier alpha value is -3.08. The van der Waals surface area contributed by atoms with E-state index in [9.17, 15) is 15.0 Å². The van der Waals surface area contributed by atoms with Gasteiger partial charge in [-0.2, -0.15) is 0 Å². The number of phenolic OH excluding ortho intramolecular Hbond substituents is 2. The number of rotatable bonds is 4. The molecule has 0 aliphatic rings. The average molecular weight is 322 g/mol. The lowest BCUT2D eigenvalue weighted by Crippen LogP contribution is -2.22. The Morgan fingerprint density at radius 1 is 1.12 bits per heavy atom. The van der Waals surface area contributed by atoms with Crippen molar-refractivity contribution in [1.29, 1.82) is 0 Å². The highest BCUT2D eigenvalue weighted by Gasteiger charge is 2.16. The predicted molar refractivity (Wildman–Crippen MR) is 93.0 cm³/mol. The lowest BCUT2D eigenvalue weighted by atomic mass is 9.99. The van der Waals surface area contributed by atoms with Gasteiger partial charge < -0.3 is 15.5 Å². The fraction of sp³-hybridized carbons (Fsp3) is 0.158. The number of aromatic nitrogens is 1. The number of aromatic hydroxyl groups is 2. The molecule has 24 heavy (non-hydrogen) atoms. The average Bonchev–Trinajstić information content (AvgIpc) is 2.58. The number of phenols is 2. The van der Waals surface area contributed by atoms with Crippen LogP contribution in [0.1, 0.15) is 12.5 Å². The largest absolute Gasteiger partial charge is 0.504 e. The molecular formula is C19H18N2O3. The summed E-state index contributed by atoms with van der Waals surface area (Å²) in [5, 5.41) is 22.8. The molecule has 0 aliphatic carbocycles. The molecule has 0 bridgehead atoms. The highest BCUT2D eigenvalue weighted by Crippen LogP contribution is 2.26. The van der Waals surface area contributed by atoms with Crippen molar-refractivity contribution in [2.24, 2.45) is 5.92 Å². The Labute approximate surface area is 139 Å². The van der Waals surface area contributed by atoms with E-state index in [4.69, 9.17) is 0 Å². The molecular weight excluding hydrogens is 304 g/mol. The second-order valence-corrected chi connectivity index (χ2v) is 5.80. The summed E-state index contributed by atoms with van der Waals surface area (Å²) in [7, 11) is 0. The zero-order valence-corrected chi connectivity index (χ0v) is 13.2. The van der Waals surface area contributed by atoms with Crippen molar-refractivity contribution >= 4 is 22.5 Å². The lowest BCUT2D eigenvalue weighted by molar-refractivity contribution is -0.119. The van der Waals surface area contributed by atoms with E-state index in [1.165, 1.54) is 12.1 Å². The minimum Gasteiger partial charge on any atom is -0.504 e. The summed E-state index contributed by atoms with van der Waals surface area (Å²) >= 11 is 0. The topological polar surface area (TPSA) is 82.5 Å². The van der Waals surface area contributed by atoms with Crippen LogP contribution < -0.4 is 5.32 Å². The zero-order valence-electron chi connectivity index (χ0n) is 13.2.